The van der Waals surface area contributed by atoms with Gasteiger partial charge in [0.25, 0.3) is 5.91 Å². The lowest BCUT2D eigenvalue weighted by atomic mass is 9.90. The normalized spacial score (nSPS) is 11.5. The van der Waals surface area contributed by atoms with E-state index in [1.54, 1.807) is 6.92 Å². The van der Waals surface area contributed by atoms with Gasteiger partial charge in [0.2, 0.25) is 0 Å². The van der Waals surface area contributed by atoms with Crippen LogP contribution in [0.25, 0.3) is 0 Å². The molecule has 1 unspecified atom stereocenters. The van der Waals surface area contributed by atoms with Gasteiger partial charge in [-0.15, -0.1) is 0 Å². The Bertz CT molecular complexity index is 1120. The highest BCUT2D eigenvalue weighted by Gasteiger charge is 2.17. The Morgan fingerprint density at radius 2 is 1.66 bits per heavy atom. The highest BCUT2D eigenvalue weighted by Crippen LogP contribution is 2.26. The van der Waals surface area contributed by atoms with E-state index in [2.05, 4.69) is 20.9 Å². The van der Waals surface area contributed by atoms with Crippen LogP contribution in [0.1, 0.15) is 58.1 Å². The van der Waals surface area contributed by atoms with Crippen molar-refractivity contribution in [3.05, 3.63) is 82.4 Å². The Morgan fingerprint density at radius 1 is 0.971 bits per heavy atom. The first kappa shape index (κ1) is 25.9. The molecule has 0 aliphatic rings. The minimum Gasteiger partial charge on any atom is -0.481 e. The summed E-state index contributed by atoms with van der Waals surface area (Å²) in [5, 5.41) is 17.9. The van der Waals surface area contributed by atoms with Crippen LogP contribution in [-0.2, 0) is 11.3 Å². The molecule has 2 aromatic carbocycles. The van der Waals surface area contributed by atoms with Crippen LogP contribution in [0.3, 0.4) is 0 Å². The second-order valence-electron chi connectivity index (χ2n) is 8.18. The zero-order chi connectivity index (χ0) is 25.0. The van der Waals surface area contributed by atoms with Crippen LogP contribution in [0.4, 0.5) is 9.93 Å². The number of carbonyl (C=O) groups is 3. The van der Waals surface area contributed by atoms with Crippen molar-refractivity contribution in [1.29, 1.82) is 0 Å². The molecule has 0 aliphatic carbocycles. The molecular weight excluding hydrogens is 464 g/mol. The lowest BCUT2D eigenvalue weighted by Gasteiger charge is -2.15. The number of hydrogen-bond acceptors (Lipinski definition) is 5. The average Bonchev–Trinajstić information content (AvgIpc) is 3.22. The predicted octanol–water partition coefficient (Wildman–Crippen LogP) is 4.93. The maximum absolute atomic E-state index is 12.6. The number of anilines is 1. The fourth-order valence-corrected chi connectivity index (χ4v) is 4.58. The zero-order valence-corrected chi connectivity index (χ0v) is 20.4. The number of hydrogen-bond donors (Lipinski definition) is 4. The van der Waals surface area contributed by atoms with Gasteiger partial charge in [-0.05, 0) is 36.8 Å². The number of unbranched alkanes of at least 4 members (excludes halogenated alkanes) is 1. The molecule has 3 aromatic rings. The fourth-order valence-electron chi connectivity index (χ4n) is 3.70. The molecule has 0 fully saturated rings. The summed E-state index contributed by atoms with van der Waals surface area (Å²) in [5.74, 6) is -1.09. The standard InChI is InChI=1S/C26H30N4O4S/c1-18-23(35-26(29-18)30-25(34)28-17-19-10-4-2-5-11-19)24(33)27-15-9-8-14-21(16-22(31)32)20-12-6-3-7-13-20/h2-7,10-13,21H,8-9,14-17H2,1H3,(H,27,33)(H,31,32)(H2,28,29,30,34). The highest BCUT2D eigenvalue weighted by molar-refractivity contribution is 7.17. The van der Waals surface area contributed by atoms with Crippen LogP contribution in [0.5, 0.6) is 0 Å². The maximum Gasteiger partial charge on any atom is 0.321 e. The van der Waals surface area contributed by atoms with Crippen molar-refractivity contribution in [3.8, 4) is 0 Å². The number of amides is 3. The summed E-state index contributed by atoms with van der Waals surface area (Å²) in [6, 6.07) is 18.8. The third-order valence-electron chi connectivity index (χ3n) is 5.48. The smallest absolute Gasteiger partial charge is 0.321 e. The molecule has 0 saturated heterocycles. The van der Waals surface area contributed by atoms with Crippen molar-refractivity contribution in [3.63, 3.8) is 0 Å². The number of aryl methyl sites for hydroxylation is 1. The Balaban J connectivity index is 1.42. The van der Waals surface area contributed by atoms with Gasteiger partial charge < -0.3 is 15.7 Å². The lowest BCUT2D eigenvalue weighted by molar-refractivity contribution is -0.137. The summed E-state index contributed by atoms with van der Waals surface area (Å²) in [6.07, 6.45) is 2.35. The van der Waals surface area contributed by atoms with Crippen LogP contribution >= 0.6 is 11.3 Å². The van der Waals surface area contributed by atoms with Crippen LogP contribution in [0.15, 0.2) is 60.7 Å². The third kappa shape index (κ3) is 8.53. The van der Waals surface area contributed by atoms with Crippen molar-refractivity contribution in [2.75, 3.05) is 11.9 Å². The van der Waals surface area contributed by atoms with Gasteiger partial charge in [-0.1, -0.05) is 78.4 Å². The molecule has 0 spiro atoms. The van der Waals surface area contributed by atoms with Gasteiger partial charge in [-0.2, -0.15) is 0 Å². The molecule has 1 heterocycles. The number of benzene rings is 2. The molecule has 9 heteroatoms. The quantitative estimate of drug-likeness (QED) is 0.266. The summed E-state index contributed by atoms with van der Waals surface area (Å²) in [4.78, 5) is 40.7. The van der Waals surface area contributed by atoms with Crippen molar-refractivity contribution < 1.29 is 19.5 Å². The monoisotopic (exact) mass is 494 g/mol. The lowest BCUT2D eigenvalue weighted by Crippen LogP contribution is -2.28. The number of aromatic nitrogens is 1. The minimum atomic E-state index is -0.814. The molecular formula is C26H30N4O4S. The Kier molecular flexibility index (Phi) is 9.80. The molecule has 0 aliphatic heterocycles. The van der Waals surface area contributed by atoms with E-state index in [-0.39, 0.29) is 24.3 Å². The van der Waals surface area contributed by atoms with Crippen LogP contribution in [0.2, 0.25) is 0 Å². The number of thiazole rings is 1. The van der Waals surface area contributed by atoms with E-state index in [1.807, 2.05) is 60.7 Å². The number of carboxylic acids is 1. The second-order valence-corrected chi connectivity index (χ2v) is 9.18. The number of urea groups is 1. The number of carbonyl (C=O) groups excluding carboxylic acids is 2. The number of nitrogens with zero attached hydrogens (tertiary/aromatic N) is 1. The van der Waals surface area contributed by atoms with Gasteiger partial charge in [0.15, 0.2) is 5.13 Å². The summed E-state index contributed by atoms with van der Waals surface area (Å²) in [7, 11) is 0. The van der Waals surface area contributed by atoms with E-state index < -0.39 is 5.97 Å². The van der Waals surface area contributed by atoms with E-state index >= 15 is 0 Å². The van der Waals surface area contributed by atoms with Crippen LogP contribution < -0.4 is 16.0 Å². The Hall–Kier alpha value is -3.72. The van der Waals surface area contributed by atoms with Gasteiger partial charge >= 0.3 is 12.0 Å². The van der Waals surface area contributed by atoms with Gasteiger partial charge in [0, 0.05) is 13.1 Å². The van der Waals surface area contributed by atoms with E-state index in [0.29, 0.717) is 28.8 Å². The van der Waals surface area contributed by atoms with Crippen LogP contribution in [0, 0.1) is 6.92 Å². The molecule has 1 atom stereocenters. The third-order valence-corrected chi connectivity index (χ3v) is 6.55. The number of rotatable bonds is 12. The van der Waals surface area contributed by atoms with Crippen LogP contribution in [-0.4, -0.2) is 34.5 Å². The number of aliphatic carboxylic acids is 1. The summed E-state index contributed by atoms with van der Waals surface area (Å²) in [6.45, 7) is 2.60. The topological polar surface area (TPSA) is 120 Å². The molecule has 0 saturated carbocycles. The predicted molar refractivity (Wildman–Crippen MR) is 137 cm³/mol. The molecule has 1 aromatic heterocycles. The van der Waals surface area contributed by atoms with E-state index in [1.165, 1.54) is 0 Å². The van der Waals surface area contributed by atoms with E-state index in [9.17, 15) is 19.5 Å². The van der Waals surface area contributed by atoms with Gasteiger partial charge in [0.05, 0.1) is 12.1 Å². The number of nitrogens with one attached hydrogen (secondary N) is 3. The molecule has 3 amide bonds. The van der Waals surface area contributed by atoms with E-state index in [4.69, 9.17) is 0 Å². The highest BCUT2D eigenvalue weighted by atomic mass is 32.1. The molecule has 0 bridgehead atoms. The SMILES string of the molecule is Cc1nc(NC(=O)NCc2ccccc2)sc1C(=O)NCCCCC(CC(=O)O)c1ccccc1. The molecule has 3 rings (SSSR count). The van der Waals surface area contributed by atoms with E-state index in [0.717, 1.165) is 41.7 Å². The first-order chi connectivity index (χ1) is 16.9. The Labute approximate surface area is 208 Å². The molecule has 0 radical (unpaired) electrons. The molecule has 8 nitrogen and oxygen atoms in total. The van der Waals surface area contributed by atoms with Crippen molar-refractivity contribution in [1.82, 2.24) is 15.6 Å². The van der Waals surface area contributed by atoms with Gasteiger partial charge in [-0.25, -0.2) is 9.78 Å². The van der Waals surface area contributed by atoms with Crippen molar-refractivity contribution in [2.45, 2.75) is 45.1 Å². The minimum absolute atomic E-state index is 0.0465. The summed E-state index contributed by atoms with van der Waals surface area (Å²) >= 11 is 1.13. The zero-order valence-electron chi connectivity index (χ0n) is 19.6. The average molecular weight is 495 g/mol. The fraction of sp³-hybridized carbons (Fsp3) is 0.308. The summed E-state index contributed by atoms with van der Waals surface area (Å²) in [5.41, 5.74) is 2.56. The molecule has 35 heavy (non-hydrogen) atoms. The molecule has 184 valence electrons. The maximum atomic E-state index is 12.6. The van der Waals surface area contributed by atoms with Gasteiger partial charge in [0.1, 0.15) is 4.88 Å². The largest absolute Gasteiger partial charge is 0.481 e. The van der Waals surface area contributed by atoms with Gasteiger partial charge in [-0.3, -0.25) is 14.9 Å². The van der Waals surface area contributed by atoms with Crippen molar-refractivity contribution >= 4 is 34.4 Å². The summed E-state index contributed by atoms with van der Waals surface area (Å²) < 4.78 is 0. The first-order valence-electron chi connectivity index (χ1n) is 11.5. The number of carboxylic acid groups (broad SMARTS) is 1. The second kappa shape index (κ2) is 13.2. The Morgan fingerprint density at radius 3 is 2.34 bits per heavy atom. The molecule has 4 N–H and O–H groups in total. The van der Waals surface area contributed by atoms with Crippen molar-refractivity contribution in [2.24, 2.45) is 0 Å². The first-order valence-corrected chi connectivity index (χ1v) is 12.3.